The Balaban J connectivity index is 1.20. The average Bonchev–Trinajstić information content (AvgIpc) is 3.38. The lowest BCUT2D eigenvalue weighted by atomic mass is 9.95. The predicted octanol–water partition coefficient (Wildman–Crippen LogP) is 8.32. The summed E-state index contributed by atoms with van der Waals surface area (Å²) < 4.78 is 14.4. The molecule has 0 aliphatic heterocycles. The average molecular weight is 533 g/mol. The summed E-state index contributed by atoms with van der Waals surface area (Å²) in [7, 11) is 0. The zero-order valence-electron chi connectivity index (χ0n) is 22.3. The third kappa shape index (κ3) is 5.71. The summed E-state index contributed by atoms with van der Waals surface area (Å²) in [6, 6.07) is 31.5. The van der Waals surface area contributed by atoms with Crippen LogP contribution in [0.5, 0.6) is 17.2 Å². The topological polar surface area (TPSA) is 73.6 Å². The van der Waals surface area contributed by atoms with Crippen LogP contribution in [0, 0.1) is 0 Å². The van der Waals surface area contributed by atoms with E-state index in [-0.39, 0.29) is 5.56 Å². The smallest absolute Gasteiger partial charge is 0.335 e. The molecule has 1 N–H and O–H groups in total. The zero-order valence-corrected chi connectivity index (χ0v) is 22.3. The van der Waals surface area contributed by atoms with Gasteiger partial charge in [-0.2, -0.15) is 0 Å². The van der Waals surface area contributed by atoms with Crippen LogP contribution in [0.2, 0.25) is 0 Å². The van der Waals surface area contributed by atoms with Gasteiger partial charge in [-0.3, -0.25) is 0 Å². The van der Waals surface area contributed by atoms with Crippen molar-refractivity contribution in [3.63, 3.8) is 0 Å². The van der Waals surface area contributed by atoms with Gasteiger partial charge < -0.3 is 19.1 Å². The third-order valence-corrected chi connectivity index (χ3v) is 7.53. The largest absolute Gasteiger partial charge is 0.493 e. The monoisotopic (exact) mass is 532 g/mol. The van der Waals surface area contributed by atoms with Crippen molar-refractivity contribution in [1.29, 1.82) is 0 Å². The highest BCUT2D eigenvalue weighted by Gasteiger charge is 2.23. The van der Waals surface area contributed by atoms with E-state index in [1.165, 1.54) is 24.8 Å². The minimum Gasteiger partial charge on any atom is -0.493 e. The minimum atomic E-state index is -0.942. The zero-order chi connectivity index (χ0) is 27.3. The Bertz CT molecular complexity index is 1600. The summed E-state index contributed by atoms with van der Waals surface area (Å²) in [6.45, 7) is 0.595. The Morgan fingerprint density at radius 2 is 1.60 bits per heavy atom. The minimum absolute atomic E-state index is 0.252. The van der Waals surface area contributed by atoms with Crippen molar-refractivity contribution in [2.45, 2.75) is 44.6 Å². The molecule has 1 heterocycles. The fraction of sp³-hybridized carbons (Fsp3) is 0.235. The van der Waals surface area contributed by atoms with Crippen LogP contribution < -0.4 is 9.47 Å². The van der Waals surface area contributed by atoms with Gasteiger partial charge in [0.25, 0.3) is 0 Å². The van der Waals surface area contributed by atoms with Crippen molar-refractivity contribution >= 4 is 17.0 Å². The maximum atomic E-state index is 11.6. The molecule has 1 aromatic heterocycles. The van der Waals surface area contributed by atoms with Crippen molar-refractivity contribution in [2.24, 2.45) is 0 Å². The lowest BCUT2D eigenvalue weighted by Gasteiger charge is -2.25. The van der Waals surface area contributed by atoms with Crippen LogP contribution in [-0.2, 0) is 6.42 Å². The van der Waals surface area contributed by atoms with E-state index in [0.717, 1.165) is 47.7 Å². The van der Waals surface area contributed by atoms with E-state index >= 15 is 0 Å². The molecule has 0 atom stereocenters. The van der Waals surface area contributed by atoms with Crippen molar-refractivity contribution in [3.8, 4) is 28.6 Å². The van der Waals surface area contributed by atoms with E-state index in [9.17, 15) is 9.90 Å². The molecule has 202 valence electrons. The molecule has 6 heteroatoms. The van der Waals surface area contributed by atoms with Gasteiger partial charge >= 0.3 is 5.97 Å². The number of ether oxygens (including phenoxy) is 2. The van der Waals surface area contributed by atoms with Gasteiger partial charge in [-0.25, -0.2) is 9.78 Å². The van der Waals surface area contributed by atoms with E-state index in [4.69, 9.17) is 14.5 Å². The van der Waals surface area contributed by atoms with Gasteiger partial charge in [0.2, 0.25) is 0 Å². The van der Waals surface area contributed by atoms with Crippen molar-refractivity contribution in [2.75, 3.05) is 6.61 Å². The third-order valence-electron chi connectivity index (χ3n) is 7.53. The molecule has 1 saturated carbocycles. The quantitative estimate of drug-likeness (QED) is 0.207. The Kier molecular flexibility index (Phi) is 7.49. The Labute approximate surface area is 233 Å². The number of benzene rings is 4. The lowest BCUT2D eigenvalue weighted by Crippen LogP contribution is -2.14. The Morgan fingerprint density at radius 3 is 2.38 bits per heavy atom. The van der Waals surface area contributed by atoms with Gasteiger partial charge in [-0.1, -0.05) is 55.7 Å². The summed E-state index contributed by atoms with van der Waals surface area (Å²) >= 11 is 0. The van der Waals surface area contributed by atoms with Crippen LogP contribution in [-0.4, -0.2) is 27.2 Å². The molecule has 0 saturated heterocycles. The van der Waals surface area contributed by atoms with Gasteiger partial charge in [-0.05, 0) is 73.0 Å². The molecule has 0 spiro atoms. The second-order valence-electron chi connectivity index (χ2n) is 10.3. The molecule has 0 amide bonds. The lowest BCUT2D eigenvalue weighted by molar-refractivity contribution is 0.0697. The second-order valence-corrected chi connectivity index (χ2v) is 10.3. The predicted molar refractivity (Wildman–Crippen MR) is 156 cm³/mol. The van der Waals surface area contributed by atoms with E-state index in [2.05, 4.69) is 16.7 Å². The molecule has 6 nitrogen and oxygen atoms in total. The number of nitrogens with zero attached hydrogens (tertiary/aromatic N) is 2. The number of hydrogen-bond acceptors (Lipinski definition) is 4. The highest BCUT2D eigenvalue weighted by atomic mass is 16.5. The van der Waals surface area contributed by atoms with E-state index in [1.54, 1.807) is 12.1 Å². The first-order valence-electron chi connectivity index (χ1n) is 13.9. The van der Waals surface area contributed by atoms with Crippen LogP contribution >= 0.6 is 0 Å². The molecule has 40 heavy (non-hydrogen) atoms. The van der Waals surface area contributed by atoms with Gasteiger partial charge in [0.1, 0.15) is 23.1 Å². The highest BCUT2D eigenvalue weighted by Crippen LogP contribution is 2.37. The fourth-order valence-corrected chi connectivity index (χ4v) is 5.51. The van der Waals surface area contributed by atoms with Crippen LogP contribution in [0.1, 0.15) is 54.1 Å². The van der Waals surface area contributed by atoms with Crippen LogP contribution in [0.4, 0.5) is 0 Å². The van der Waals surface area contributed by atoms with Gasteiger partial charge in [0, 0.05) is 24.1 Å². The first-order chi connectivity index (χ1) is 19.6. The van der Waals surface area contributed by atoms with Crippen molar-refractivity contribution in [1.82, 2.24) is 9.55 Å². The molecule has 1 aliphatic carbocycles. The SMILES string of the molecule is O=C(O)c1ccc2c(c1)nc(-c1ccc(Oc3cccc(OCCc4ccccc4)c3)cc1)n2C1CCCCC1. The summed E-state index contributed by atoms with van der Waals surface area (Å²) in [6.07, 6.45) is 6.69. The maximum Gasteiger partial charge on any atom is 0.335 e. The number of hydrogen-bond donors (Lipinski definition) is 1. The Morgan fingerprint density at radius 1 is 0.825 bits per heavy atom. The first-order valence-corrected chi connectivity index (χ1v) is 13.9. The standard InChI is InChI=1S/C34H32N2O4/c37-34(38)26-16-19-32-31(22-26)35-33(36(32)27-10-5-2-6-11-27)25-14-17-28(18-15-25)40-30-13-7-12-29(23-30)39-21-20-24-8-3-1-4-9-24/h1,3-4,7-9,12-19,22-23,27H,2,5-6,10-11,20-21H2,(H,37,38). The number of carboxylic acid groups (broad SMARTS) is 1. The summed E-state index contributed by atoms with van der Waals surface area (Å²) in [5.41, 5.74) is 4.17. The summed E-state index contributed by atoms with van der Waals surface area (Å²) in [4.78, 5) is 16.5. The highest BCUT2D eigenvalue weighted by molar-refractivity contribution is 5.93. The number of aromatic nitrogens is 2. The van der Waals surface area contributed by atoms with Crippen molar-refractivity contribution in [3.05, 3.63) is 108 Å². The van der Waals surface area contributed by atoms with Gasteiger partial charge in [-0.15, -0.1) is 0 Å². The number of imidazole rings is 1. The first kappa shape index (κ1) is 25.7. The van der Waals surface area contributed by atoms with Crippen molar-refractivity contribution < 1.29 is 19.4 Å². The molecule has 1 aliphatic rings. The normalized spacial score (nSPS) is 13.8. The van der Waals surface area contributed by atoms with E-state index in [1.807, 2.05) is 72.8 Å². The second kappa shape index (κ2) is 11.7. The van der Waals surface area contributed by atoms with Gasteiger partial charge in [0.15, 0.2) is 0 Å². The van der Waals surface area contributed by atoms with Crippen LogP contribution in [0.15, 0.2) is 97.1 Å². The molecule has 4 aromatic carbocycles. The number of rotatable bonds is 9. The van der Waals surface area contributed by atoms with Gasteiger partial charge in [0.05, 0.1) is 23.2 Å². The molecule has 0 radical (unpaired) electrons. The molecule has 0 unspecified atom stereocenters. The maximum absolute atomic E-state index is 11.6. The van der Waals surface area contributed by atoms with Crippen LogP contribution in [0.25, 0.3) is 22.4 Å². The summed E-state index contributed by atoms with van der Waals surface area (Å²) in [5.74, 6) is 2.12. The van der Waals surface area contributed by atoms with E-state index in [0.29, 0.717) is 23.9 Å². The molecular formula is C34H32N2O4. The number of carbonyl (C=O) groups is 1. The molecule has 1 fully saturated rings. The number of aromatic carboxylic acids is 1. The van der Waals surface area contributed by atoms with E-state index < -0.39 is 5.97 Å². The number of fused-ring (bicyclic) bond motifs is 1. The molecule has 0 bridgehead atoms. The Hall–Kier alpha value is -4.58. The molecule has 6 rings (SSSR count). The summed E-state index contributed by atoms with van der Waals surface area (Å²) in [5, 5.41) is 9.49. The fourth-order valence-electron chi connectivity index (χ4n) is 5.51. The number of carboxylic acids is 1. The molecular weight excluding hydrogens is 500 g/mol. The molecule has 5 aromatic rings. The van der Waals surface area contributed by atoms with Crippen LogP contribution in [0.3, 0.4) is 0 Å².